The van der Waals surface area contributed by atoms with Crippen molar-refractivity contribution in [1.29, 1.82) is 5.26 Å². The maximum absolute atomic E-state index is 13.0. The van der Waals surface area contributed by atoms with Crippen molar-refractivity contribution in [2.45, 2.75) is 6.10 Å². The SMILES string of the molecule is N#Cc1ccc(NCC(O)c2ccc(F)c(N)c2)cc1. The lowest BCUT2D eigenvalue weighted by molar-refractivity contribution is 0.191. The fraction of sp³-hybridized carbons (Fsp3) is 0.133. The number of rotatable bonds is 4. The molecule has 2 aromatic rings. The van der Waals surface area contributed by atoms with E-state index < -0.39 is 11.9 Å². The number of nitrogens with two attached hydrogens (primary N) is 1. The number of nitrogens with zero attached hydrogens (tertiary/aromatic N) is 1. The summed E-state index contributed by atoms with van der Waals surface area (Å²) in [6.07, 6.45) is -0.798. The van der Waals surface area contributed by atoms with E-state index in [-0.39, 0.29) is 12.2 Å². The highest BCUT2D eigenvalue weighted by atomic mass is 19.1. The number of nitrogens with one attached hydrogen (secondary N) is 1. The van der Waals surface area contributed by atoms with Crippen LogP contribution in [0.5, 0.6) is 0 Å². The van der Waals surface area contributed by atoms with Crippen molar-refractivity contribution in [2.75, 3.05) is 17.6 Å². The molecule has 5 heteroatoms. The van der Waals surface area contributed by atoms with Crippen LogP contribution in [0, 0.1) is 17.1 Å². The molecule has 0 aliphatic carbocycles. The smallest absolute Gasteiger partial charge is 0.146 e. The summed E-state index contributed by atoms with van der Waals surface area (Å²) in [5, 5.41) is 21.7. The molecule has 0 spiro atoms. The molecule has 102 valence electrons. The molecule has 0 saturated heterocycles. The summed E-state index contributed by atoms with van der Waals surface area (Å²) in [4.78, 5) is 0. The Kier molecular flexibility index (Phi) is 4.18. The van der Waals surface area contributed by atoms with Crippen LogP contribution in [0.25, 0.3) is 0 Å². The van der Waals surface area contributed by atoms with E-state index in [0.717, 1.165) is 5.69 Å². The minimum Gasteiger partial charge on any atom is -0.396 e. The molecule has 0 aliphatic rings. The number of halogens is 1. The van der Waals surface area contributed by atoms with E-state index in [9.17, 15) is 9.50 Å². The first-order chi connectivity index (χ1) is 9.60. The lowest BCUT2D eigenvalue weighted by atomic mass is 10.1. The van der Waals surface area contributed by atoms with Crippen molar-refractivity contribution >= 4 is 11.4 Å². The van der Waals surface area contributed by atoms with Gasteiger partial charge in [-0.25, -0.2) is 4.39 Å². The van der Waals surface area contributed by atoms with Crippen molar-refractivity contribution in [3.05, 3.63) is 59.4 Å². The largest absolute Gasteiger partial charge is 0.396 e. The van der Waals surface area contributed by atoms with Gasteiger partial charge in [-0.2, -0.15) is 5.26 Å². The van der Waals surface area contributed by atoms with Crippen molar-refractivity contribution in [3.8, 4) is 6.07 Å². The Morgan fingerprint density at radius 3 is 2.55 bits per heavy atom. The summed E-state index contributed by atoms with van der Waals surface area (Å²) >= 11 is 0. The van der Waals surface area contributed by atoms with Gasteiger partial charge in [0.05, 0.1) is 23.4 Å². The number of hydrogen-bond acceptors (Lipinski definition) is 4. The highest BCUT2D eigenvalue weighted by molar-refractivity contribution is 5.48. The lowest BCUT2D eigenvalue weighted by Crippen LogP contribution is -2.12. The van der Waals surface area contributed by atoms with Crippen LogP contribution in [0.3, 0.4) is 0 Å². The van der Waals surface area contributed by atoms with E-state index in [1.807, 2.05) is 6.07 Å². The first kappa shape index (κ1) is 13.8. The fourth-order valence-corrected chi connectivity index (χ4v) is 1.76. The second kappa shape index (κ2) is 6.04. The first-order valence-corrected chi connectivity index (χ1v) is 6.07. The maximum atomic E-state index is 13.0. The molecule has 0 fully saturated rings. The molecule has 1 unspecified atom stereocenters. The van der Waals surface area contributed by atoms with E-state index >= 15 is 0 Å². The highest BCUT2D eigenvalue weighted by Crippen LogP contribution is 2.19. The number of hydrogen-bond donors (Lipinski definition) is 3. The topological polar surface area (TPSA) is 82.1 Å². The van der Waals surface area contributed by atoms with E-state index in [1.54, 1.807) is 24.3 Å². The van der Waals surface area contributed by atoms with E-state index in [0.29, 0.717) is 11.1 Å². The summed E-state index contributed by atoms with van der Waals surface area (Å²) < 4.78 is 13.0. The predicted molar refractivity (Wildman–Crippen MR) is 75.4 cm³/mol. The van der Waals surface area contributed by atoms with Crippen LogP contribution in [0.2, 0.25) is 0 Å². The third kappa shape index (κ3) is 3.25. The minimum atomic E-state index is -0.798. The zero-order chi connectivity index (χ0) is 14.5. The molecule has 1 atom stereocenters. The predicted octanol–water partition coefficient (Wildman–Crippen LogP) is 2.43. The third-order valence-electron chi connectivity index (χ3n) is 2.92. The van der Waals surface area contributed by atoms with E-state index in [4.69, 9.17) is 11.0 Å². The van der Waals surface area contributed by atoms with E-state index in [2.05, 4.69) is 5.32 Å². The van der Waals surface area contributed by atoms with Crippen molar-refractivity contribution in [1.82, 2.24) is 0 Å². The lowest BCUT2D eigenvalue weighted by Gasteiger charge is -2.14. The van der Waals surface area contributed by atoms with Gasteiger partial charge in [-0.3, -0.25) is 0 Å². The standard InChI is InChI=1S/C15H14FN3O/c16-13-6-3-11(7-14(13)18)15(20)9-19-12-4-1-10(8-17)2-5-12/h1-7,15,19-20H,9,18H2. The van der Waals surface area contributed by atoms with Crippen LogP contribution in [-0.2, 0) is 0 Å². The fourth-order valence-electron chi connectivity index (χ4n) is 1.76. The van der Waals surface area contributed by atoms with Gasteiger partial charge in [0.15, 0.2) is 0 Å². The van der Waals surface area contributed by atoms with Gasteiger partial charge >= 0.3 is 0 Å². The number of aliphatic hydroxyl groups excluding tert-OH is 1. The molecule has 0 bridgehead atoms. The van der Waals surface area contributed by atoms with Crippen LogP contribution in [0.4, 0.5) is 15.8 Å². The minimum absolute atomic E-state index is 0.0138. The summed E-state index contributed by atoms with van der Waals surface area (Å²) in [7, 11) is 0. The van der Waals surface area contributed by atoms with Gasteiger partial charge in [-0.1, -0.05) is 6.07 Å². The zero-order valence-electron chi connectivity index (χ0n) is 10.7. The maximum Gasteiger partial charge on any atom is 0.146 e. The van der Waals surface area contributed by atoms with Crippen LogP contribution >= 0.6 is 0 Å². The summed E-state index contributed by atoms with van der Waals surface area (Å²) in [6.45, 7) is 0.261. The normalized spacial score (nSPS) is 11.7. The Balaban J connectivity index is 1.99. The monoisotopic (exact) mass is 271 g/mol. The molecule has 0 saturated carbocycles. The Bertz CT molecular complexity index is 635. The van der Waals surface area contributed by atoms with Crippen LogP contribution in [-0.4, -0.2) is 11.7 Å². The number of aliphatic hydroxyl groups is 1. The Labute approximate surface area is 116 Å². The van der Waals surface area contributed by atoms with Gasteiger partial charge in [0.25, 0.3) is 0 Å². The quantitative estimate of drug-likeness (QED) is 0.746. The molecule has 2 aromatic carbocycles. The van der Waals surface area contributed by atoms with Gasteiger partial charge in [0.1, 0.15) is 5.82 Å². The summed E-state index contributed by atoms with van der Waals surface area (Å²) in [5.74, 6) is -0.499. The van der Waals surface area contributed by atoms with Crippen LogP contribution < -0.4 is 11.1 Å². The third-order valence-corrected chi connectivity index (χ3v) is 2.92. The Morgan fingerprint density at radius 2 is 1.95 bits per heavy atom. The van der Waals surface area contributed by atoms with E-state index in [1.165, 1.54) is 18.2 Å². The van der Waals surface area contributed by atoms with Crippen molar-refractivity contribution in [2.24, 2.45) is 0 Å². The molecule has 4 N–H and O–H groups in total. The number of nitriles is 1. The summed E-state index contributed by atoms with van der Waals surface area (Å²) in [5.41, 5.74) is 7.38. The van der Waals surface area contributed by atoms with Gasteiger partial charge < -0.3 is 16.2 Å². The molecular weight excluding hydrogens is 257 g/mol. The number of anilines is 2. The second-order valence-electron chi connectivity index (χ2n) is 4.37. The zero-order valence-corrected chi connectivity index (χ0v) is 10.7. The average molecular weight is 271 g/mol. The van der Waals surface area contributed by atoms with Gasteiger partial charge in [0, 0.05) is 12.2 Å². The van der Waals surface area contributed by atoms with Gasteiger partial charge in [0.2, 0.25) is 0 Å². The molecule has 0 aliphatic heterocycles. The van der Waals surface area contributed by atoms with Gasteiger partial charge in [-0.15, -0.1) is 0 Å². The number of nitrogen functional groups attached to an aromatic ring is 1. The molecule has 20 heavy (non-hydrogen) atoms. The molecule has 0 radical (unpaired) electrons. The Hall–Kier alpha value is -2.58. The first-order valence-electron chi connectivity index (χ1n) is 6.07. The average Bonchev–Trinajstić information content (AvgIpc) is 2.48. The van der Waals surface area contributed by atoms with Crippen molar-refractivity contribution < 1.29 is 9.50 Å². The van der Waals surface area contributed by atoms with Gasteiger partial charge in [-0.05, 0) is 42.0 Å². The molecule has 4 nitrogen and oxygen atoms in total. The molecule has 2 rings (SSSR count). The molecule has 0 amide bonds. The summed E-state index contributed by atoms with van der Waals surface area (Å²) in [6, 6.07) is 13.1. The second-order valence-corrected chi connectivity index (χ2v) is 4.37. The number of benzene rings is 2. The molecule has 0 heterocycles. The molecular formula is C15H14FN3O. The van der Waals surface area contributed by atoms with Crippen LogP contribution in [0.15, 0.2) is 42.5 Å². The molecule has 0 aromatic heterocycles. The Morgan fingerprint density at radius 1 is 1.25 bits per heavy atom. The van der Waals surface area contributed by atoms with Crippen molar-refractivity contribution in [3.63, 3.8) is 0 Å². The highest BCUT2D eigenvalue weighted by Gasteiger charge is 2.09. The van der Waals surface area contributed by atoms with Crippen LogP contribution in [0.1, 0.15) is 17.2 Å².